The fourth-order valence-corrected chi connectivity index (χ4v) is 3.23. The Morgan fingerprint density at radius 2 is 1.86 bits per heavy atom. The maximum atomic E-state index is 5.41. The molecule has 0 radical (unpaired) electrons. The van der Waals surface area contributed by atoms with E-state index in [0.717, 1.165) is 41.2 Å². The van der Waals surface area contributed by atoms with Crippen LogP contribution in [0.3, 0.4) is 0 Å². The number of pyridine rings is 1. The van der Waals surface area contributed by atoms with Crippen LogP contribution in [0.2, 0.25) is 0 Å². The molecule has 1 saturated heterocycles. The molecular formula is C22H24N6O. The molecule has 1 aliphatic heterocycles. The Hall–Kier alpha value is -3.32. The molecule has 0 spiro atoms. The zero-order chi connectivity index (χ0) is 20.2. The zero-order valence-electron chi connectivity index (χ0n) is 16.7. The molecule has 1 fully saturated rings. The van der Waals surface area contributed by atoms with Crippen LogP contribution >= 0.6 is 0 Å². The maximum Gasteiger partial charge on any atom is 0.225 e. The van der Waals surface area contributed by atoms with Crippen molar-refractivity contribution in [1.29, 1.82) is 0 Å². The summed E-state index contributed by atoms with van der Waals surface area (Å²) in [7, 11) is 0. The standard InChI is InChI=1S/C22H24N6O/c1-4-18(6-5-16(2)3)28-20-15-23-8-7-19(20)26-21(28)17-13-24-22(25-14-17)27-9-11-29-12-10-27/h4-8,13-15H,1,9-12H2,2-3H3/b18-6+. The van der Waals surface area contributed by atoms with Gasteiger partial charge in [0.2, 0.25) is 5.95 Å². The zero-order valence-corrected chi connectivity index (χ0v) is 16.7. The number of anilines is 1. The Kier molecular flexibility index (Phi) is 5.48. The topological polar surface area (TPSA) is 69.0 Å². The second-order valence-electron chi connectivity index (χ2n) is 7.05. The Bertz CT molecular complexity index is 1070. The minimum absolute atomic E-state index is 0.700. The SMILES string of the molecule is C=C/C(=C\C=C(C)C)n1c(-c2cnc(N3CCOCC3)nc2)nc2ccncc21. The summed E-state index contributed by atoms with van der Waals surface area (Å²) >= 11 is 0. The summed E-state index contributed by atoms with van der Waals surface area (Å²) in [5, 5.41) is 0. The largest absolute Gasteiger partial charge is 0.378 e. The van der Waals surface area contributed by atoms with Crippen LogP contribution in [0.5, 0.6) is 0 Å². The van der Waals surface area contributed by atoms with Gasteiger partial charge in [-0.2, -0.15) is 0 Å². The molecule has 0 N–H and O–H groups in total. The lowest BCUT2D eigenvalue weighted by Gasteiger charge is -2.26. The lowest BCUT2D eigenvalue weighted by molar-refractivity contribution is 0.122. The van der Waals surface area contributed by atoms with E-state index in [2.05, 4.69) is 46.4 Å². The number of hydrogen-bond donors (Lipinski definition) is 0. The third kappa shape index (κ3) is 3.95. The third-order valence-corrected chi connectivity index (χ3v) is 4.70. The van der Waals surface area contributed by atoms with E-state index in [1.807, 2.05) is 41.4 Å². The van der Waals surface area contributed by atoms with Crippen LogP contribution in [0.15, 0.2) is 61.2 Å². The Labute approximate surface area is 170 Å². The summed E-state index contributed by atoms with van der Waals surface area (Å²) in [5.41, 5.74) is 4.72. The van der Waals surface area contributed by atoms with Crippen molar-refractivity contribution in [3.63, 3.8) is 0 Å². The lowest BCUT2D eigenvalue weighted by Crippen LogP contribution is -2.37. The number of nitrogens with zero attached hydrogens (tertiary/aromatic N) is 6. The molecule has 4 heterocycles. The van der Waals surface area contributed by atoms with Crippen molar-refractivity contribution in [2.75, 3.05) is 31.2 Å². The van der Waals surface area contributed by atoms with Gasteiger partial charge in [0.05, 0.1) is 36.0 Å². The first-order valence-corrected chi connectivity index (χ1v) is 9.63. The van der Waals surface area contributed by atoms with Gasteiger partial charge < -0.3 is 9.64 Å². The normalized spacial score (nSPS) is 14.8. The van der Waals surface area contributed by atoms with Gasteiger partial charge in [-0.1, -0.05) is 18.2 Å². The van der Waals surface area contributed by atoms with Gasteiger partial charge in [0.15, 0.2) is 0 Å². The number of morpholine rings is 1. The monoisotopic (exact) mass is 388 g/mol. The molecule has 4 rings (SSSR count). The third-order valence-electron chi connectivity index (χ3n) is 4.70. The molecular weight excluding hydrogens is 364 g/mol. The van der Waals surface area contributed by atoms with Crippen molar-refractivity contribution < 1.29 is 4.74 Å². The van der Waals surface area contributed by atoms with Gasteiger partial charge in [0.25, 0.3) is 0 Å². The van der Waals surface area contributed by atoms with E-state index in [0.29, 0.717) is 19.2 Å². The molecule has 7 nitrogen and oxygen atoms in total. The summed E-state index contributed by atoms with van der Waals surface area (Å²) in [6, 6.07) is 1.90. The Morgan fingerprint density at radius 1 is 1.10 bits per heavy atom. The van der Waals surface area contributed by atoms with Crippen LogP contribution in [-0.4, -0.2) is 50.8 Å². The molecule has 0 amide bonds. The van der Waals surface area contributed by atoms with E-state index in [4.69, 9.17) is 9.72 Å². The lowest BCUT2D eigenvalue weighted by atomic mass is 10.2. The molecule has 29 heavy (non-hydrogen) atoms. The number of aromatic nitrogens is 5. The Balaban J connectivity index is 1.80. The van der Waals surface area contributed by atoms with E-state index in [9.17, 15) is 0 Å². The molecule has 0 aromatic carbocycles. The first kappa shape index (κ1) is 19.0. The highest BCUT2D eigenvalue weighted by Crippen LogP contribution is 2.28. The molecule has 0 bridgehead atoms. The molecule has 3 aromatic rings. The summed E-state index contributed by atoms with van der Waals surface area (Å²) in [5.74, 6) is 1.47. The smallest absolute Gasteiger partial charge is 0.225 e. The van der Waals surface area contributed by atoms with Gasteiger partial charge in [-0.15, -0.1) is 0 Å². The highest BCUT2D eigenvalue weighted by atomic mass is 16.5. The van der Waals surface area contributed by atoms with Crippen LogP contribution in [0.1, 0.15) is 13.8 Å². The van der Waals surface area contributed by atoms with E-state index in [1.165, 1.54) is 5.57 Å². The number of fused-ring (bicyclic) bond motifs is 1. The number of rotatable bonds is 5. The number of hydrogen-bond acceptors (Lipinski definition) is 6. The van der Waals surface area contributed by atoms with E-state index in [-0.39, 0.29) is 0 Å². The second-order valence-corrected chi connectivity index (χ2v) is 7.05. The van der Waals surface area contributed by atoms with Crippen molar-refractivity contribution in [3.05, 3.63) is 61.2 Å². The molecule has 148 valence electrons. The van der Waals surface area contributed by atoms with Crippen molar-refractivity contribution in [2.24, 2.45) is 0 Å². The molecule has 7 heteroatoms. The molecule has 0 saturated carbocycles. The minimum atomic E-state index is 0.700. The summed E-state index contributed by atoms with van der Waals surface area (Å²) in [6.07, 6.45) is 13.1. The molecule has 1 aliphatic rings. The highest BCUT2D eigenvalue weighted by Gasteiger charge is 2.17. The van der Waals surface area contributed by atoms with Crippen molar-refractivity contribution in [2.45, 2.75) is 13.8 Å². The van der Waals surface area contributed by atoms with Crippen molar-refractivity contribution in [3.8, 4) is 11.4 Å². The number of ether oxygens (including phenoxy) is 1. The Morgan fingerprint density at radius 3 is 2.55 bits per heavy atom. The highest BCUT2D eigenvalue weighted by molar-refractivity contribution is 5.86. The first-order valence-electron chi connectivity index (χ1n) is 9.63. The van der Waals surface area contributed by atoms with Crippen molar-refractivity contribution >= 4 is 22.7 Å². The van der Waals surface area contributed by atoms with Crippen LogP contribution in [-0.2, 0) is 4.74 Å². The maximum absolute atomic E-state index is 5.41. The van der Waals surface area contributed by atoms with Crippen molar-refractivity contribution in [1.82, 2.24) is 24.5 Å². The van der Waals surface area contributed by atoms with Gasteiger partial charge in [0, 0.05) is 37.4 Å². The quantitative estimate of drug-likeness (QED) is 0.621. The fourth-order valence-electron chi connectivity index (χ4n) is 3.23. The van der Waals surface area contributed by atoms with Crippen LogP contribution in [0.25, 0.3) is 28.1 Å². The van der Waals surface area contributed by atoms with Gasteiger partial charge in [-0.25, -0.2) is 15.0 Å². The second kappa shape index (κ2) is 8.36. The minimum Gasteiger partial charge on any atom is -0.378 e. The van der Waals surface area contributed by atoms with Gasteiger partial charge >= 0.3 is 0 Å². The summed E-state index contributed by atoms with van der Waals surface area (Å²) < 4.78 is 7.45. The average Bonchev–Trinajstić information content (AvgIpc) is 3.14. The number of allylic oxidation sites excluding steroid dienone is 5. The van der Waals surface area contributed by atoms with Gasteiger partial charge in [0.1, 0.15) is 5.82 Å². The van der Waals surface area contributed by atoms with E-state index in [1.54, 1.807) is 6.20 Å². The van der Waals surface area contributed by atoms with E-state index >= 15 is 0 Å². The van der Waals surface area contributed by atoms with Crippen LogP contribution < -0.4 is 4.90 Å². The molecule has 0 atom stereocenters. The average molecular weight is 388 g/mol. The summed E-state index contributed by atoms with van der Waals surface area (Å²) in [6.45, 7) is 11.1. The molecule has 0 unspecified atom stereocenters. The predicted octanol–water partition coefficient (Wildman–Crippen LogP) is 3.72. The molecule has 3 aromatic heterocycles. The van der Waals surface area contributed by atoms with Gasteiger partial charge in [-0.05, 0) is 32.1 Å². The van der Waals surface area contributed by atoms with Crippen LogP contribution in [0, 0.1) is 0 Å². The van der Waals surface area contributed by atoms with Gasteiger partial charge in [-0.3, -0.25) is 9.55 Å². The van der Waals surface area contributed by atoms with E-state index < -0.39 is 0 Å². The predicted molar refractivity (Wildman–Crippen MR) is 115 cm³/mol. The molecule has 0 aliphatic carbocycles. The fraction of sp³-hybridized carbons (Fsp3) is 0.273. The summed E-state index contributed by atoms with van der Waals surface area (Å²) in [4.78, 5) is 20.4. The van der Waals surface area contributed by atoms with Crippen LogP contribution in [0.4, 0.5) is 5.95 Å². The first-order chi connectivity index (χ1) is 14.2. The number of imidazole rings is 1.